The quantitative estimate of drug-likeness (QED) is 0.863. The van der Waals surface area contributed by atoms with E-state index in [1.807, 2.05) is 0 Å². The Bertz CT molecular complexity index is 410. The van der Waals surface area contributed by atoms with Gasteiger partial charge in [0.15, 0.2) is 0 Å². The van der Waals surface area contributed by atoms with Gasteiger partial charge in [0.1, 0.15) is 5.67 Å². The fourth-order valence-corrected chi connectivity index (χ4v) is 2.91. The summed E-state index contributed by atoms with van der Waals surface area (Å²) in [5, 5.41) is 1.17. The molecule has 1 fully saturated rings. The molecule has 0 bridgehead atoms. The summed E-state index contributed by atoms with van der Waals surface area (Å²) in [4.78, 5) is 0. The second kappa shape index (κ2) is 5.13. The van der Waals surface area contributed by atoms with Crippen molar-refractivity contribution in [3.8, 4) is 0 Å². The predicted octanol–water partition coefficient (Wildman–Crippen LogP) is 4.15. The molecule has 0 saturated heterocycles. The molecular formula is C13H16Cl2FN. The first kappa shape index (κ1) is 13.1. The lowest BCUT2D eigenvalue weighted by Gasteiger charge is -2.33. The summed E-state index contributed by atoms with van der Waals surface area (Å²) in [5.41, 5.74) is 5.38. The lowest BCUT2D eigenvalue weighted by atomic mass is 9.80. The number of hydrogen-bond acceptors (Lipinski definition) is 1. The van der Waals surface area contributed by atoms with E-state index in [1.54, 1.807) is 18.2 Å². The van der Waals surface area contributed by atoms with Crippen LogP contribution in [0.3, 0.4) is 0 Å². The van der Waals surface area contributed by atoms with Gasteiger partial charge in [0.05, 0.1) is 0 Å². The van der Waals surface area contributed by atoms with Crippen molar-refractivity contribution in [1.82, 2.24) is 0 Å². The molecule has 94 valence electrons. The van der Waals surface area contributed by atoms with Crippen molar-refractivity contribution >= 4 is 23.2 Å². The Labute approximate surface area is 111 Å². The summed E-state index contributed by atoms with van der Waals surface area (Å²) in [6.07, 6.45) is 3.03. The van der Waals surface area contributed by atoms with Crippen molar-refractivity contribution in [3.63, 3.8) is 0 Å². The molecule has 2 N–H and O–H groups in total. The van der Waals surface area contributed by atoms with Crippen molar-refractivity contribution < 1.29 is 4.39 Å². The van der Waals surface area contributed by atoms with E-state index in [9.17, 15) is 4.39 Å². The summed E-state index contributed by atoms with van der Waals surface area (Å²) in [6.45, 7) is 0. The smallest absolute Gasteiger partial charge is 0.116 e. The Morgan fingerprint density at radius 1 is 1.41 bits per heavy atom. The number of nitrogens with two attached hydrogens (primary N) is 1. The maximum atomic E-state index is 14.6. The summed E-state index contributed by atoms with van der Waals surface area (Å²) < 4.78 is 14.6. The molecule has 17 heavy (non-hydrogen) atoms. The lowest BCUT2D eigenvalue weighted by molar-refractivity contribution is 0.0965. The minimum atomic E-state index is -1.23. The Balaban J connectivity index is 2.16. The third kappa shape index (κ3) is 3.34. The van der Waals surface area contributed by atoms with E-state index in [2.05, 4.69) is 0 Å². The van der Waals surface area contributed by atoms with Crippen LogP contribution in [0.25, 0.3) is 0 Å². The maximum Gasteiger partial charge on any atom is 0.116 e. The van der Waals surface area contributed by atoms with Gasteiger partial charge in [-0.05, 0) is 49.4 Å². The van der Waals surface area contributed by atoms with Crippen molar-refractivity contribution in [2.75, 3.05) is 0 Å². The highest BCUT2D eigenvalue weighted by atomic mass is 35.5. The van der Waals surface area contributed by atoms with Gasteiger partial charge >= 0.3 is 0 Å². The molecule has 0 spiro atoms. The van der Waals surface area contributed by atoms with E-state index >= 15 is 0 Å². The summed E-state index contributed by atoms with van der Waals surface area (Å²) >= 11 is 12.0. The fourth-order valence-electron chi connectivity index (χ4n) is 2.54. The summed E-state index contributed by atoms with van der Waals surface area (Å²) in [5.74, 6) is 0. The van der Waals surface area contributed by atoms with Crippen LogP contribution in [0.4, 0.5) is 4.39 Å². The van der Waals surface area contributed by atoms with Crippen molar-refractivity contribution in [2.24, 2.45) is 5.73 Å². The molecule has 1 aliphatic carbocycles. The van der Waals surface area contributed by atoms with Gasteiger partial charge in [0.2, 0.25) is 0 Å². The maximum absolute atomic E-state index is 14.6. The zero-order chi connectivity index (χ0) is 12.5. The average molecular weight is 276 g/mol. The van der Waals surface area contributed by atoms with Crippen LogP contribution in [0.15, 0.2) is 18.2 Å². The lowest BCUT2D eigenvalue weighted by Crippen LogP contribution is -2.39. The zero-order valence-corrected chi connectivity index (χ0v) is 11.1. The number of halogens is 3. The highest BCUT2D eigenvalue weighted by Crippen LogP contribution is 2.36. The molecule has 0 amide bonds. The van der Waals surface area contributed by atoms with Crippen molar-refractivity contribution in [1.29, 1.82) is 0 Å². The predicted molar refractivity (Wildman–Crippen MR) is 70.4 cm³/mol. The van der Waals surface area contributed by atoms with Crippen LogP contribution >= 0.6 is 23.2 Å². The van der Waals surface area contributed by atoms with Gasteiger partial charge in [-0.15, -0.1) is 0 Å². The van der Waals surface area contributed by atoms with Gasteiger partial charge in [0.25, 0.3) is 0 Å². The van der Waals surface area contributed by atoms with Gasteiger partial charge < -0.3 is 5.73 Å². The Hall–Kier alpha value is -0.310. The molecule has 0 heterocycles. The van der Waals surface area contributed by atoms with Crippen molar-refractivity contribution in [3.05, 3.63) is 33.8 Å². The van der Waals surface area contributed by atoms with Crippen LogP contribution in [0.1, 0.15) is 31.2 Å². The topological polar surface area (TPSA) is 26.0 Å². The molecule has 2 rings (SSSR count). The molecular weight excluding hydrogens is 260 g/mol. The monoisotopic (exact) mass is 275 g/mol. The van der Waals surface area contributed by atoms with Gasteiger partial charge in [-0.2, -0.15) is 0 Å². The molecule has 4 heteroatoms. The second-order valence-electron chi connectivity index (χ2n) is 4.92. The molecule has 0 aliphatic heterocycles. The van der Waals surface area contributed by atoms with Crippen LogP contribution < -0.4 is 5.73 Å². The standard InChI is InChI=1S/C13H16Cl2FN/c14-10-3-4-12(15)9(6-10)7-13(16)5-1-2-11(17)8-13/h3-4,6,11H,1-2,5,7-8,17H2. The van der Waals surface area contributed by atoms with Crippen LogP contribution in [0.2, 0.25) is 10.0 Å². The molecule has 1 saturated carbocycles. The number of hydrogen-bond donors (Lipinski definition) is 1. The number of benzene rings is 1. The van der Waals surface area contributed by atoms with Gasteiger partial charge in [-0.1, -0.05) is 23.2 Å². The van der Waals surface area contributed by atoms with Gasteiger partial charge in [-0.3, -0.25) is 0 Å². The normalized spacial score (nSPS) is 29.3. The molecule has 2 unspecified atom stereocenters. The number of rotatable bonds is 2. The second-order valence-corrected chi connectivity index (χ2v) is 5.76. The molecule has 0 radical (unpaired) electrons. The van der Waals surface area contributed by atoms with Gasteiger partial charge in [0, 0.05) is 22.5 Å². The van der Waals surface area contributed by atoms with Crippen molar-refractivity contribution in [2.45, 2.75) is 43.8 Å². The molecule has 1 aromatic rings. The van der Waals surface area contributed by atoms with E-state index in [4.69, 9.17) is 28.9 Å². The van der Waals surface area contributed by atoms with Crippen LogP contribution in [0.5, 0.6) is 0 Å². The van der Waals surface area contributed by atoms with E-state index in [-0.39, 0.29) is 6.04 Å². The summed E-state index contributed by atoms with van der Waals surface area (Å²) in [6, 6.07) is 5.13. The van der Waals surface area contributed by atoms with E-state index in [0.29, 0.717) is 29.3 Å². The first-order valence-corrected chi connectivity index (χ1v) is 6.62. The van der Waals surface area contributed by atoms with Crippen LogP contribution in [-0.4, -0.2) is 11.7 Å². The van der Waals surface area contributed by atoms with E-state index < -0.39 is 5.67 Å². The third-order valence-corrected chi connectivity index (χ3v) is 3.95. The highest BCUT2D eigenvalue weighted by Gasteiger charge is 2.35. The van der Waals surface area contributed by atoms with E-state index in [1.165, 1.54) is 0 Å². The minimum absolute atomic E-state index is 0.0355. The van der Waals surface area contributed by atoms with Crippen LogP contribution in [-0.2, 0) is 6.42 Å². The average Bonchev–Trinajstić information content (AvgIpc) is 2.22. The molecule has 1 aliphatic rings. The Morgan fingerprint density at radius 3 is 2.88 bits per heavy atom. The fraction of sp³-hybridized carbons (Fsp3) is 0.538. The molecule has 0 aromatic heterocycles. The van der Waals surface area contributed by atoms with Crippen LogP contribution in [0, 0.1) is 0 Å². The first-order chi connectivity index (χ1) is 7.98. The zero-order valence-electron chi connectivity index (χ0n) is 9.56. The largest absolute Gasteiger partial charge is 0.328 e. The van der Waals surface area contributed by atoms with E-state index in [0.717, 1.165) is 18.4 Å². The minimum Gasteiger partial charge on any atom is -0.328 e. The molecule has 1 nitrogen and oxygen atoms in total. The summed E-state index contributed by atoms with van der Waals surface area (Å²) in [7, 11) is 0. The molecule has 2 atom stereocenters. The number of alkyl halides is 1. The third-order valence-electron chi connectivity index (χ3n) is 3.34. The highest BCUT2D eigenvalue weighted by molar-refractivity contribution is 6.33. The van der Waals surface area contributed by atoms with Gasteiger partial charge in [-0.25, -0.2) is 4.39 Å². The first-order valence-electron chi connectivity index (χ1n) is 5.87. The Kier molecular flexibility index (Phi) is 3.96. The molecule has 1 aromatic carbocycles. The SMILES string of the molecule is NC1CCCC(F)(Cc2cc(Cl)ccc2Cl)C1. The Morgan fingerprint density at radius 2 is 2.18 bits per heavy atom.